The van der Waals surface area contributed by atoms with Crippen LogP contribution in [0.4, 0.5) is 9.18 Å². The fraction of sp³-hybridized carbons (Fsp3) is 0.550. The van der Waals surface area contributed by atoms with Gasteiger partial charge in [0, 0.05) is 13.1 Å². The van der Waals surface area contributed by atoms with Crippen LogP contribution in [-0.2, 0) is 15.1 Å². The maximum Gasteiger partial charge on any atom is 0.325 e. The molecule has 0 spiro atoms. The van der Waals surface area contributed by atoms with Crippen LogP contribution in [0.15, 0.2) is 24.3 Å². The van der Waals surface area contributed by atoms with Crippen molar-refractivity contribution in [3.8, 4) is 0 Å². The number of nitrogens with zero attached hydrogens (tertiary/aromatic N) is 2. The van der Waals surface area contributed by atoms with Crippen LogP contribution in [0.25, 0.3) is 0 Å². The van der Waals surface area contributed by atoms with Gasteiger partial charge in [-0.1, -0.05) is 12.1 Å². The van der Waals surface area contributed by atoms with Crippen molar-refractivity contribution in [3.63, 3.8) is 0 Å². The summed E-state index contributed by atoms with van der Waals surface area (Å²) in [5.41, 5.74) is -0.821. The fourth-order valence-corrected chi connectivity index (χ4v) is 3.87. The number of likely N-dealkylation sites (tertiary alicyclic amines) is 1. The van der Waals surface area contributed by atoms with Crippen molar-refractivity contribution in [2.45, 2.75) is 31.7 Å². The largest absolute Gasteiger partial charge is 0.341 e. The Kier molecular flexibility index (Phi) is 7.60. The Labute approximate surface area is 176 Å². The minimum Gasteiger partial charge on any atom is -0.341 e. The molecule has 0 aromatic heterocycles. The molecule has 2 saturated heterocycles. The van der Waals surface area contributed by atoms with E-state index in [1.807, 2.05) is 7.05 Å². The molecule has 1 aromatic rings. The molecule has 0 saturated carbocycles. The maximum atomic E-state index is 13.2. The average Bonchev–Trinajstić information content (AvgIpc) is 2.91. The highest BCUT2D eigenvalue weighted by Crippen LogP contribution is 2.29. The van der Waals surface area contributed by atoms with Crippen molar-refractivity contribution in [3.05, 3.63) is 35.6 Å². The molecule has 4 amide bonds. The smallest absolute Gasteiger partial charge is 0.325 e. The molecule has 2 fully saturated rings. The van der Waals surface area contributed by atoms with Gasteiger partial charge in [0.2, 0.25) is 5.91 Å². The number of urea groups is 1. The van der Waals surface area contributed by atoms with Crippen molar-refractivity contribution >= 4 is 30.3 Å². The zero-order chi connectivity index (χ0) is 20.3. The van der Waals surface area contributed by atoms with Gasteiger partial charge in [-0.25, -0.2) is 9.18 Å². The molecule has 2 aliphatic rings. The summed E-state index contributed by atoms with van der Waals surface area (Å²) < 4.78 is 13.2. The Morgan fingerprint density at radius 3 is 2.45 bits per heavy atom. The molecular weight excluding hydrogens is 399 g/mol. The van der Waals surface area contributed by atoms with Gasteiger partial charge in [0.05, 0.1) is 0 Å². The fourth-order valence-electron chi connectivity index (χ4n) is 3.87. The lowest BCUT2D eigenvalue weighted by atomic mass is 9.92. The number of amides is 4. The number of carbonyl (C=O) groups excluding carboxylic acids is 3. The third kappa shape index (κ3) is 4.87. The molecule has 2 heterocycles. The first kappa shape index (κ1) is 23.1. The van der Waals surface area contributed by atoms with Crippen LogP contribution in [-0.4, -0.2) is 60.9 Å². The number of hydrogen-bond acceptors (Lipinski definition) is 4. The predicted octanol–water partition coefficient (Wildman–Crippen LogP) is 1.86. The number of hydrogen-bond donors (Lipinski definition) is 2. The highest BCUT2D eigenvalue weighted by atomic mass is 35.5. The normalized spacial score (nSPS) is 22.4. The number of benzene rings is 1. The Bertz CT molecular complexity index is 753. The molecule has 1 atom stereocenters. The zero-order valence-corrected chi connectivity index (χ0v) is 17.6. The minimum absolute atomic E-state index is 0. The standard InChI is InChI=1S/C20H27FN4O3.ClH/c1-20(15-3-5-16(21)6-4-15)18(27)25(19(28)23-20)13-17(26)24-11-8-14(9-12-24)7-10-22-2;/h3-6,14,22H,7-13H2,1-2H3,(H,23,28);1H. The number of carbonyl (C=O) groups is 3. The van der Waals surface area contributed by atoms with E-state index in [-0.39, 0.29) is 24.9 Å². The van der Waals surface area contributed by atoms with Gasteiger partial charge in [-0.05, 0) is 63.4 Å². The summed E-state index contributed by atoms with van der Waals surface area (Å²) in [7, 11) is 1.93. The lowest BCUT2D eigenvalue weighted by molar-refractivity contribution is -0.139. The molecular formula is C20H28ClFN4O3. The van der Waals surface area contributed by atoms with Gasteiger partial charge < -0.3 is 15.5 Å². The number of nitrogens with one attached hydrogen (secondary N) is 2. The summed E-state index contributed by atoms with van der Waals surface area (Å²) in [6.07, 6.45) is 2.95. The van der Waals surface area contributed by atoms with Crippen molar-refractivity contribution in [2.24, 2.45) is 5.92 Å². The molecule has 7 nitrogen and oxygen atoms in total. The van der Waals surface area contributed by atoms with E-state index < -0.39 is 23.3 Å². The second-order valence-corrected chi connectivity index (χ2v) is 7.67. The Morgan fingerprint density at radius 1 is 1.24 bits per heavy atom. The summed E-state index contributed by atoms with van der Waals surface area (Å²) in [5.74, 6) is -0.551. The third-order valence-electron chi connectivity index (χ3n) is 5.76. The van der Waals surface area contributed by atoms with Crippen LogP contribution >= 0.6 is 12.4 Å². The summed E-state index contributed by atoms with van der Waals surface area (Å²) in [4.78, 5) is 40.6. The molecule has 0 radical (unpaired) electrons. The minimum atomic E-state index is -1.30. The van der Waals surface area contributed by atoms with Crippen LogP contribution in [0.5, 0.6) is 0 Å². The van der Waals surface area contributed by atoms with Gasteiger partial charge >= 0.3 is 6.03 Å². The molecule has 29 heavy (non-hydrogen) atoms. The van der Waals surface area contributed by atoms with Crippen LogP contribution in [0.3, 0.4) is 0 Å². The lowest BCUT2D eigenvalue weighted by Gasteiger charge is -2.32. The van der Waals surface area contributed by atoms with E-state index in [1.54, 1.807) is 11.8 Å². The van der Waals surface area contributed by atoms with E-state index in [1.165, 1.54) is 24.3 Å². The molecule has 3 rings (SSSR count). The Morgan fingerprint density at radius 2 is 1.86 bits per heavy atom. The summed E-state index contributed by atoms with van der Waals surface area (Å²) >= 11 is 0. The molecule has 0 bridgehead atoms. The van der Waals surface area contributed by atoms with Crippen molar-refractivity contribution < 1.29 is 18.8 Å². The molecule has 2 aliphatic heterocycles. The number of piperidine rings is 1. The second-order valence-electron chi connectivity index (χ2n) is 7.67. The van der Waals surface area contributed by atoms with Crippen LogP contribution in [0, 0.1) is 11.7 Å². The van der Waals surface area contributed by atoms with Crippen LogP contribution < -0.4 is 10.6 Å². The molecule has 9 heteroatoms. The number of imide groups is 1. The zero-order valence-electron chi connectivity index (χ0n) is 16.7. The summed E-state index contributed by atoms with van der Waals surface area (Å²) in [6.45, 7) is 3.54. The average molecular weight is 427 g/mol. The first-order valence-electron chi connectivity index (χ1n) is 9.67. The maximum absolute atomic E-state index is 13.2. The van der Waals surface area contributed by atoms with E-state index in [0.29, 0.717) is 24.6 Å². The van der Waals surface area contributed by atoms with E-state index >= 15 is 0 Å². The van der Waals surface area contributed by atoms with Gasteiger partial charge in [0.15, 0.2) is 0 Å². The molecule has 2 N–H and O–H groups in total. The lowest BCUT2D eigenvalue weighted by Crippen LogP contribution is -2.46. The SMILES string of the molecule is CNCCC1CCN(C(=O)CN2C(=O)NC(C)(c3ccc(F)cc3)C2=O)CC1.Cl. The second kappa shape index (κ2) is 9.54. The third-order valence-corrected chi connectivity index (χ3v) is 5.76. The van der Waals surface area contributed by atoms with Crippen molar-refractivity contribution in [1.82, 2.24) is 20.4 Å². The van der Waals surface area contributed by atoms with Gasteiger partial charge in [0.25, 0.3) is 5.91 Å². The van der Waals surface area contributed by atoms with Gasteiger partial charge in [-0.2, -0.15) is 0 Å². The first-order chi connectivity index (χ1) is 13.3. The highest BCUT2D eigenvalue weighted by Gasteiger charge is 2.49. The van der Waals surface area contributed by atoms with Gasteiger partial charge in [-0.15, -0.1) is 12.4 Å². The number of rotatable bonds is 6. The highest BCUT2D eigenvalue weighted by molar-refractivity contribution is 6.09. The van der Waals surface area contributed by atoms with Crippen molar-refractivity contribution in [1.29, 1.82) is 0 Å². The monoisotopic (exact) mass is 426 g/mol. The molecule has 1 unspecified atom stereocenters. The first-order valence-corrected chi connectivity index (χ1v) is 9.67. The number of halogens is 2. The molecule has 0 aliphatic carbocycles. The summed E-state index contributed by atoms with van der Waals surface area (Å²) in [5, 5.41) is 5.78. The predicted molar refractivity (Wildman–Crippen MR) is 109 cm³/mol. The molecule has 160 valence electrons. The summed E-state index contributed by atoms with van der Waals surface area (Å²) in [6, 6.07) is 4.82. The van der Waals surface area contributed by atoms with E-state index in [2.05, 4.69) is 10.6 Å². The molecule has 1 aromatic carbocycles. The van der Waals surface area contributed by atoms with Crippen LogP contribution in [0.2, 0.25) is 0 Å². The topological polar surface area (TPSA) is 81.8 Å². The van der Waals surface area contributed by atoms with Crippen molar-refractivity contribution in [2.75, 3.05) is 33.2 Å². The van der Waals surface area contributed by atoms with Gasteiger partial charge in [-0.3, -0.25) is 14.5 Å². The quantitative estimate of drug-likeness (QED) is 0.680. The Balaban J connectivity index is 0.00000300. The van der Waals surface area contributed by atoms with E-state index in [9.17, 15) is 18.8 Å². The van der Waals surface area contributed by atoms with E-state index in [0.717, 1.165) is 30.7 Å². The van der Waals surface area contributed by atoms with E-state index in [4.69, 9.17) is 0 Å². The van der Waals surface area contributed by atoms with Crippen LogP contribution in [0.1, 0.15) is 31.7 Å². The Hall–Kier alpha value is -2.19. The van der Waals surface area contributed by atoms with Gasteiger partial charge in [0.1, 0.15) is 17.9 Å².